The van der Waals surface area contributed by atoms with Crippen LogP contribution in [0, 0.1) is 5.82 Å². The number of carbonyl (C=O) groups excluding carboxylic acids is 1. The Kier molecular flexibility index (Phi) is 4.61. The number of piperazine rings is 1. The van der Waals surface area contributed by atoms with Gasteiger partial charge < -0.3 is 14.2 Å². The smallest absolute Gasteiger partial charge is 0.277 e. The van der Waals surface area contributed by atoms with E-state index in [4.69, 9.17) is 4.42 Å². The van der Waals surface area contributed by atoms with E-state index in [1.165, 1.54) is 17.8 Å². The Morgan fingerprint density at radius 2 is 1.96 bits per heavy atom. The normalized spacial score (nSPS) is 17.8. The molecule has 2 fully saturated rings. The van der Waals surface area contributed by atoms with Crippen molar-refractivity contribution >= 4 is 23.4 Å². The van der Waals surface area contributed by atoms with E-state index in [0.29, 0.717) is 48.9 Å². The standard InChI is InChI=1S/C17H19FN4O2S/c18-13-3-1-2-4-14(13)21-7-9-22(10-8-21)15(23)11-25-17-20-19-16(24-17)12-5-6-12/h1-4,12H,5-11H2. The van der Waals surface area contributed by atoms with Crippen molar-refractivity contribution < 1.29 is 13.6 Å². The van der Waals surface area contributed by atoms with Gasteiger partial charge in [0.1, 0.15) is 5.82 Å². The third-order valence-electron chi connectivity index (χ3n) is 4.49. The van der Waals surface area contributed by atoms with Crippen molar-refractivity contribution in [3.05, 3.63) is 36.0 Å². The van der Waals surface area contributed by atoms with Gasteiger partial charge in [0.15, 0.2) is 0 Å². The van der Waals surface area contributed by atoms with Crippen molar-refractivity contribution in [3.63, 3.8) is 0 Å². The van der Waals surface area contributed by atoms with Crippen LogP contribution in [0.4, 0.5) is 10.1 Å². The third-order valence-corrected chi connectivity index (χ3v) is 5.30. The summed E-state index contributed by atoms with van der Waals surface area (Å²) >= 11 is 1.28. The molecule has 2 aliphatic rings. The van der Waals surface area contributed by atoms with Gasteiger partial charge in [0.05, 0.1) is 11.4 Å². The number of nitrogens with zero attached hydrogens (tertiary/aromatic N) is 4. The summed E-state index contributed by atoms with van der Waals surface area (Å²) in [5.74, 6) is 1.22. The molecule has 0 spiro atoms. The molecule has 1 aliphatic carbocycles. The lowest BCUT2D eigenvalue weighted by Crippen LogP contribution is -2.49. The monoisotopic (exact) mass is 362 g/mol. The van der Waals surface area contributed by atoms with Crippen molar-refractivity contribution in [2.45, 2.75) is 24.0 Å². The largest absolute Gasteiger partial charge is 0.416 e. The lowest BCUT2D eigenvalue weighted by Gasteiger charge is -2.36. The van der Waals surface area contributed by atoms with E-state index in [2.05, 4.69) is 10.2 Å². The molecule has 0 N–H and O–H groups in total. The molecule has 132 valence electrons. The van der Waals surface area contributed by atoms with Crippen LogP contribution < -0.4 is 4.90 Å². The van der Waals surface area contributed by atoms with Crippen molar-refractivity contribution in [3.8, 4) is 0 Å². The summed E-state index contributed by atoms with van der Waals surface area (Å²) in [5, 5.41) is 8.46. The highest BCUT2D eigenvalue weighted by atomic mass is 32.2. The van der Waals surface area contributed by atoms with E-state index in [1.54, 1.807) is 12.1 Å². The second-order valence-electron chi connectivity index (χ2n) is 6.29. The summed E-state index contributed by atoms with van der Waals surface area (Å²) in [6.45, 7) is 2.43. The fourth-order valence-electron chi connectivity index (χ4n) is 2.89. The maximum Gasteiger partial charge on any atom is 0.277 e. The van der Waals surface area contributed by atoms with E-state index in [-0.39, 0.29) is 17.5 Å². The molecule has 0 atom stereocenters. The number of rotatable bonds is 5. The van der Waals surface area contributed by atoms with Gasteiger partial charge in [0.25, 0.3) is 5.22 Å². The zero-order valence-electron chi connectivity index (χ0n) is 13.7. The maximum atomic E-state index is 13.9. The van der Waals surface area contributed by atoms with Gasteiger partial charge in [-0.15, -0.1) is 10.2 Å². The van der Waals surface area contributed by atoms with E-state index >= 15 is 0 Å². The molecule has 0 unspecified atom stereocenters. The van der Waals surface area contributed by atoms with Crippen molar-refractivity contribution in [1.29, 1.82) is 0 Å². The number of hydrogen-bond acceptors (Lipinski definition) is 6. The topological polar surface area (TPSA) is 62.5 Å². The van der Waals surface area contributed by atoms with Crippen LogP contribution in [0.15, 0.2) is 33.9 Å². The highest BCUT2D eigenvalue weighted by Crippen LogP contribution is 2.39. The highest BCUT2D eigenvalue weighted by Gasteiger charge is 2.29. The molecule has 1 aromatic carbocycles. The number of benzene rings is 1. The molecular weight excluding hydrogens is 343 g/mol. The summed E-state index contributed by atoms with van der Waals surface area (Å²) in [6, 6.07) is 6.74. The SMILES string of the molecule is O=C(CSc1nnc(C2CC2)o1)N1CCN(c2ccccc2F)CC1. The average molecular weight is 362 g/mol. The van der Waals surface area contributed by atoms with Crippen molar-refractivity contribution in [2.24, 2.45) is 0 Å². The summed E-state index contributed by atoms with van der Waals surface area (Å²) in [6.07, 6.45) is 2.22. The van der Waals surface area contributed by atoms with E-state index in [1.807, 2.05) is 15.9 Å². The molecule has 1 aliphatic heterocycles. The second-order valence-corrected chi connectivity index (χ2v) is 7.21. The molecule has 1 saturated carbocycles. The Hall–Kier alpha value is -2.09. The minimum atomic E-state index is -0.222. The molecule has 1 saturated heterocycles. The predicted octanol–water partition coefficient (Wildman–Crippen LogP) is 2.53. The Balaban J connectivity index is 1.27. The quantitative estimate of drug-likeness (QED) is 0.762. The predicted molar refractivity (Wildman–Crippen MR) is 92.2 cm³/mol. The van der Waals surface area contributed by atoms with Gasteiger partial charge in [-0.05, 0) is 25.0 Å². The number of thioether (sulfide) groups is 1. The Labute approximate surface area is 149 Å². The molecule has 0 bridgehead atoms. The van der Waals surface area contributed by atoms with Gasteiger partial charge in [0.2, 0.25) is 11.8 Å². The number of carbonyl (C=O) groups is 1. The van der Waals surface area contributed by atoms with E-state index in [9.17, 15) is 9.18 Å². The van der Waals surface area contributed by atoms with Crippen LogP contribution in [0.1, 0.15) is 24.7 Å². The first-order valence-corrected chi connectivity index (χ1v) is 9.43. The fraction of sp³-hybridized carbons (Fsp3) is 0.471. The van der Waals surface area contributed by atoms with Gasteiger partial charge in [-0.3, -0.25) is 4.79 Å². The number of hydrogen-bond donors (Lipinski definition) is 0. The van der Waals surface area contributed by atoms with Crippen molar-refractivity contribution in [2.75, 3.05) is 36.8 Å². The zero-order chi connectivity index (χ0) is 17.2. The summed E-state index contributed by atoms with van der Waals surface area (Å²) in [5.41, 5.74) is 0.599. The maximum absolute atomic E-state index is 13.9. The lowest BCUT2D eigenvalue weighted by molar-refractivity contribution is -0.128. The first-order chi connectivity index (χ1) is 12.2. The molecule has 2 heterocycles. The Bertz CT molecular complexity index is 757. The van der Waals surface area contributed by atoms with Crippen LogP contribution in [-0.2, 0) is 4.79 Å². The van der Waals surface area contributed by atoms with Crippen LogP contribution >= 0.6 is 11.8 Å². The van der Waals surface area contributed by atoms with E-state index in [0.717, 1.165) is 12.8 Å². The molecule has 25 heavy (non-hydrogen) atoms. The number of amides is 1. The molecule has 0 radical (unpaired) electrons. The van der Waals surface area contributed by atoms with Crippen LogP contribution in [0.3, 0.4) is 0 Å². The fourth-order valence-corrected chi connectivity index (χ4v) is 3.57. The highest BCUT2D eigenvalue weighted by molar-refractivity contribution is 7.99. The van der Waals surface area contributed by atoms with Gasteiger partial charge in [-0.25, -0.2) is 4.39 Å². The van der Waals surface area contributed by atoms with Crippen LogP contribution in [0.25, 0.3) is 0 Å². The van der Waals surface area contributed by atoms with Crippen LogP contribution in [0.5, 0.6) is 0 Å². The summed E-state index contributed by atoms with van der Waals surface area (Å²) in [4.78, 5) is 16.1. The first kappa shape index (κ1) is 16.4. The van der Waals surface area contributed by atoms with Gasteiger partial charge in [-0.1, -0.05) is 23.9 Å². The second kappa shape index (κ2) is 7.03. The lowest BCUT2D eigenvalue weighted by atomic mass is 10.2. The molecule has 2 aromatic rings. The Morgan fingerprint density at radius 3 is 2.68 bits per heavy atom. The third kappa shape index (κ3) is 3.78. The first-order valence-electron chi connectivity index (χ1n) is 8.44. The van der Waals surface area contributed by atoms with E-state index < -0.39 is 0 Å². The molecule has 1 aromatic heterocycles. The molecule has 1 amide bonds. The molecular formula is C17H19FN4O2S. The van der Waals surface area contributed by atoms with Gasteiger partial charge >= 0.3 is 0 Å². The molecule has 4 rings (SSSR count). The molecule has 6 nitrogen and oxygen atoms in total. The molecule has 8 heteroatoms. The van der Waals surface area contributed by atoms with Crippen LogP contribution in [0.2, 0.25) is 0 Å². The summed E-state index contributed by atoms with van der Waals surface area (Å²) in [7, 11) is 0. The number of para-hydroxylation sites is 1. The van der Waals surface area contributed by atoms with Crippen molar-refractivity contribution in [1.82, 2.24) is 15.1 Å². The van der Waals surface area contributed by atoms with Gasteiger partial charge in [0, 0.05) is 32.1 Å². The minimum absolute atomic E-state index is 0.0457. The van der Waals surface area contributed by atoms with Gasteiger partial charge in [-0.2, -0.15) is 0 Å². The average Bonchev–Trinajstić information content (AvgIpc) is 3.39. The Morgan fingerprint density at radius 1 is 1.20 bits per heavy atom. The zero-order valence-corrected chi connectivity index (χ0v) is 14.5. The number of aromatic nitrogens is 2. The number of halogens is 1. The van der Waals surface area contributed by atoms with Crippen LogP contribution in [-0.4, -0.2) is 52.9 Å². The summed E-state index contributed by atoms with van der Waals surface area (Å²) < 4.78 is 19.4. The number of anilines is 1. The minimum Gasteiger partial charge on any atom is -0.416 e.